The predicted octanol–water partition coefficient (Wildman–Crippen LogP) is 5.84. The third-order valence-corrected chi connectivity index (χ3v) is 6.81. The number of para-hydroxylation sites is 1. The molecule has 0 aromatic heterocycles. The summed E-state index contributed by atoms with van der Waals surface area (Å²) in [6.45, 7) is 0. The van der Waals surface area contributed by atoms with Crippen molar-refractivity contribution in [2.75, 3.05) is 27.1 Å². The van der Waals surface area contributed by atoms with Crippen LogP contribution >= 0.6 is 23.4 Å². The normalized spacial score (nSPS) is 15.1. The fraction of sp³-hybridized carbons (Fsp3) is 0.231. The third-order valence-electron chi connectivity index (χ3n) is 5.56. The molecular weight excluding hydrogens is 472 g/mol. The smallest absolute Gasteiger partial charge is 0.253 e. The molecular formula is C26H25ClN2O4S. The maximum Gasteiger partial charge on any atom is 0.253 e. The van der Waals surface area contributed by atoms with Gasteiger partial charge in [0.1, 0.15) is 5.75 Å². The molecule has 3 aromatic carbocycles. The van der Waals surface area contributed by atoms with Crippen LogP contribution < -0.4 is 14.2 Å². The molecule has 0 radical (unpaired) electrons. The van der Waals surface area contributed by atoms with Crippen LogP contribution in [0.4, 0.5) is 0 Å². The van der Waals surface area contributed by atoms with E-state index in [9.17, 15) is 4.79 Å². The van der Waals surface area contributed by atoms with Crippen LogP contribution in [0.2, 0.25) is 5.02 Å². The van der Waals surface area contributed by atoms with Crippen molar-refractivity contribution >= 4 is 35.0 Å². The second kappa shape index (κ2) is 10.8. The highest BCUT2D eigenvalue weighted by molar-refractivity contribution is 8.00. The minimum absolute atomic E-state index is 0.0988. The molecule has 1 heterocycles. The molecule has 0 saturated carbocycles. The van der Waals surface area contributed by atoms with Gasteiger partial charge in [0.2, 0.25) is 0 Å². The third kappa shape index (κ3) is 5.16. The molecule has 1 atom stereocenters. The number of methoxy groups -OCH3 is 3. The summed E-state index contributed by atoms with van der Waals surface area (Å²) in [7, 11) is 4.83. The number of hydrogen-bond acceptors (Lipinski definition) is 6. The fourth-order valence-electron chi connectivity index (χ4n) is 3.86. The average Bonchev–Trinajstić information content (AvgIpc) is 3.33. The number of halogens is 1. The lowest BCUT2D eigenvalue weighted by Crippen LogP contribution is -2.28. The zero-order chi connectivity index (χ0) is 24.1. The van der Waals surface area contributed by atoms with E-state index in [0.29, 0.717) is 22.9 Å². The summed E-state index contributed by atoms with van der Waals surface area (Å²) in [5.74, 6) is 2.12. The van der Waals surface area contributed by atoms with Crippen LogP contribution in [0.25, 0.3) is 0 Å². The number of carbonyl (C=O) groups is 1. The monoisotopic (exact) mass is 496 g/mol. The van der Waals surface area contributed by atoms with Crippen molar-refractivity contribution in [1.29, 1.82) is 0 Å². The topological polar surface area (TPSA) is 60.4 Å². The minimum atomic E-state index is -0.319. The largest absolute Gasteiger partial charge is 0.497 e. The molecule has 0 spiro atoms. The van der Waals surface area contributed by atoms with Crippen molar-refractivity contribution in [2.24, 2.45) is 5.10 Å². The second-order valence-electron chi connectivity index (χ2n) is 7.56. The van der Waals surface area contributed by atoms with E-state index in [1.807, 2.05) is 66.7 Å². The second-order valence-corrected chi connectivity index (χ2v) is 9.04. The van der Waals surface area contributed by atoms with Crippen LogP contribution in [0.5, 0.6) is 17.2 Å². The van der Waals surface area contributed by atoms with E-state index in [1.54, 1.807) is 26.3 Å². The molecule has 1 aliphatic heterocycles. The van der Waals surface area contributed by atoms with Gasteiger partial charge in [0.15, 0.2) is 11.5 Å². The van der Waals surface area contributed by atoms with Crippen LogP contribution in [0, 0.1) is 0 Å². The molecule has 1 aliphatic rings. The van der Waals surface area contributed by atoms with Gasteiger partial charge in [-0.2, -0.15) is 5.10 Å². The standard InChI is InChI=1S/C26H25ClN2O4S/c1-31-19-11-7-17(8-12-19)22-15-23(21-5-4-6-24(32-2)26(21)33-3)29(28-22)25(30)16-34-20-13-9-18(27)10-14-20/h4-14,23H,15-16H2,1-3H3. The highest BCUT2D eigenvalue weighted by Gasteiger charge is 2.35. The molecule has 1 amide bonds. The number of hydrogen-bond donors (Lipinski definition) is 0. The lowest BCUT2D eigenvalue weighted by Gasteiger charge is -2.24. The molecule has 1 unspecified atom stereocenters. The van der Waals surface area contributed by atoms with Crippen LogP contribution in [0.1, 0.15) is 23.6 Å². The van der Waals surface area contributed by atoms with Gasteiger partial charge >= 0.3 is 0 Å². The van der Waals surface area contributed by atoms with Gasteiger partial charge in [-0.1, -0.05) is 23.7 Å². The summed E-state index contributed by atoms with van der Waals surface area (Å²) in [4.78, 5) is 14.3. The first-order valence-corrected chi connectivity index (χ1v) is 12.0. The first-order chi connectivity index (χ1) is 16.5. The molecule has 8 heteroatoms. The molecule has 3 aromatic rings. The molecule has 0 bridgehead atoms. The van der Waals surface area contributed by atoms with E-state index in [4.69, 9.17) is 30.9 Å². The van der Waals surface area contributed by atoms with Gasteiger partial charge in [-0.05, 0) is 60.2 Å². The van der Waals surface area contributed by atoms with E-state index in [1.165, 1.54) is 11.8 Å². The first-order valence-electron chi connectivity index (χ1n) is 10.7. The summed E-state index contributed by atoms with van der Waals surface area (Å²) < 4.78 is 16.4. The number of nitrogens with zero attached hydrogens (tertiary/aromatic N) is 2. The molecule has 176 valence electrons. The Morgan fingerprint density at radius 2 is 1.74 bits per heavy atom. The SMILES string of the molecule is COc1ccc(C2=NN(C(=O)CSc3ccc(Cl)cc3)C(c3cccc(OC)c3OC)C2)cc1. The van der Waals surface area contributed by atoms with Gasteiger partial charge in [-0.15, -0.1) is 11.8 Å². The first kappa shape index (κ1) is 24.0. The number of thioether (sulfide) groups is 1. The van der Waals surface area contributed by atoms with Crippen molar-refractivity contribution < 1.29 is 19.0 Å². The number of ether oxygens (including phenoxy) is 3. The Morgan fingerprint density at radius 1 is 1.00 bits per heavy atom. The number of carbonyl (C=O) groups excluding carboxylic acids is 1. The Hall–Kier alpha value is -3.16. The minimum Gasteiger partial charge on any atom is -0.497 e. The fourth-order valence-corrected chi connectivity index (χ4v) is 4.73. The van der Waals surface area contributed by atoms with Crippen LogP contribution in [0.15, 0.2) is 76.7 Å². The van der Waals surface area contributed by atoms with E-state index in [2.05, 4.69) is 0 Å². The van der Waals surface area contributed by atoms with Gasteiger partial charge in [-0.3, -0.25) is 4.79 Å². The maximum atomic E-state index is 13.4. The van der Waals surface area contributed by atoms with Gasteiger partial charge in [0.25, 0.3) is 5.91 Å². The van der Waals surface area contributed by atoms with E-state index >= 15 is 0 Å². The van der Waals surface area contributed by atoms with Crippen molar-refractivity contribution in [3.8, 4) is 17.2 Å². The summed E-state index contributed by atoms with van der Waals surface area (Å²) in [6.07, 6.45) is 0.549. The summed E-state index contributed by atoms with van der Waals surface area (Å²) >= 11 is 7.43. The molecule has 6 nitrogen and oxygen atoms in total. The van der Waals surface area contributed by atoms with E-state index < -0.39 is 0 Å². The maximum absolute atomic E-state index is 13.4. The highest BCUT2D eigenvalue weighted by atomic mass is 35.5. The molecule has 0 aliphatic carbocycles. The molecule has 0 fully saturated rings. The number of hydrazone groups is 1. The average molecular weight is 497 g/mol. The summed E-state index contributed by atoms with van der Waals surface area (Å²) in [5.41, 5.74) is 2.61. The Labute approximate surface area is 208 Å². The lowest BCUT2D eigenvalue weighted by molar-refractivity contribution is -0.130. The van der Waals surface area contributed by atoms with Gasteiger partial charge in [-0.25, -0.2) is 5.01 Å². The van der Waals surface area contributed by atoms with Crippen molar-refractivity contribution in [3.05, 3.63) is 82.9 Å². The Balaban J connectivity index is 1.65. The molecule has 0 N–H and O–H groups in total. The van der Waals surface area contributed by atoms with Crippen LogP contribution in [-0.4, -0.2) is 43.7 Å². The van der Waals surface area contributed by atoms with Crippen molar-refractivity contribution in [2.45, 2.75) is 17.4 Å². The van der Waals surface area contributed by atoms with Gasteiger partial charge in [0.05, 0.1) is 38.8 Å². The Morgan fingerprint density at radius 3 is 2.38 bits per heavy atom. The number of benzene rings is 3. The highest BCUT2D eigenvalue weighted by Crippen LogP contribution is 2.42. The van der Waals surface area contributed by atoms with Crippen LogP contribution in [0.3, 0.4) is 0 Å². The molecule has 0 saturated heterocycles. The molecule has 34 heavy (non-hydrogen) atoms. The quantitative estimate of drug-likeness (QED) is 0.367. The molecule has 4 rings (SSSR count). The summed E-state index contributed by atoms with van der Waals surface area (Å²) in [6, 6.07) is 20.5. The van der Waals surface area contributed by atoms with Crippen LogP contribution in [-0.2, 0) is 4.79 Å². The van der Waals surface area contributed by atoms with Gasteiger partial charge < -0.3 is 14.2 Å². The lowest BCUT2D eigenvalue weighted by atomic mass is 9.97. The van der Waals surface area contributed by atoms with Crippen molar-refractivity contribution in [1.82, 2.24) is 5.01 Å². The Bertz CT molecular complexity index is 1180. The number of amides is 1. The Kier molecular flexibility index (Phi) is 7.65. The summed E-state index contributed by atoms with van der Waals surface area (Å²) in [5, 5.41) is 6.99. The van der Waals surface area contributed by atoms with E-state index in [0.717, 1.165) is 27.5 Å². The predicted molar refractivity (Wildman–Crippen MR) is 135 cm³/mol. The number of rotatable bonds is 8. The van der Waals surface area contributed by atoms with E-state index in [-0.39, 0.29) is 17.7 Å². The van der Waals surface area contributed by atoms with Gasteiger partial charge in [0, 0.05) is 21.9 Å². The van der Waals surface area contributed by atoms with Crippen molar-refractivity contribution in [3.63, 3.8) is 0 Å². The zero-order valence-electron chi connectivity index (χ0n) is 19.2. The zero-order valence-corrected chi connectivity index (χ0v) is 20.7.